The molecule has 1 aromatic heterocycles. The molecule has 1 aliphatic carbocycles. The monoisotopic (exact) mass is 435 g/mol. The molecule has 31 heavy (non-hydrogen) atoms. The molecule has 1 saturated carbocycles. The van der Waals surface area contributed by atoms with Crippen LogP contribution < -0.4 is 16.2 Å². The van der Waals surface area contributed by atoms with E-state index in [4.69, 9.17) is 5.73 Å². The van der Waals surface area contributed by atoms with Gasteiger partial charge in [-0.1, -0.05) is 0 Å². The van der Waals surface area contributed by atoms with Crippen LogP contribution in [0.1, 0.15) is 50.5 Å². The number of nitrogens with zero attached hydrogens (tertiary/aromatic N) is 4. The zero-order valence-electron chi connectivity index (χ0n) is 19.2. The molecule has 0 radical (unpaired) electrons. The van der Waals surface area contributed by atoms with Gasteiger partial charge in [0.15, 0.2) is 11.4 Å². The van der Waals surface area contributed by atoms with Gasteiger partial charge in [0.05, 0.1) is 25.2 Å². The molecule has 3 unspecified atom stereocenters. The van der Waals surface area contributed by atoms with Crippen LogP contribution in [0.25, 0.3) is 0 Å². The van der Waals surface area contributed by atoms with Crippen LogP contribution in [0.2, 0.25) is 0 Å². The molecular weight excluding hydrogens is 396 g/mol. The van der Waals surface area contributed by atoms with Crippen molar-refractivity contribution in [3.8, 4) is 5.88 Å². The third-order valence-electron chi connectivity index (χ3n) is 6.61. The minimum absolute atomic E-state index is 0.0694. The van der Waals surface area contributed by atoms with Crippen molar-refractivity contribution in [1.29, 1.82) is 0 Å². The Kier molecular flexibility index (Phi) is 8.21. The maximum atomic E-state index is 13.3. The number of nitrogens with one attached hydrogen (secondary N) is 1. The van der Waals surface area contributed by atoms with Gasteiger partial charge < -0.3 is 20.8 Å². The first kappa shape index (κ1) is 23.8. The molecule has 2 aliphatic rings. The van der Waals surface area contributed by atoms with E-state index in [1.165, 1.54) is 15.9 Å². The van der Waals surface area contributed by atoms with Crippen molar-refractivity contribution < 1.29 is 15.1 Å². The first-order valence-corrected chi connectivity index (χ1v) is 11.6. The van der Waals surface area contributed by atoms with Gasteiger partial charge in [-0.3, -0.25) is 14.3 Å². The molecular formula is C22H39N6O3+. The average molecular weight is 436 g/mol. The molecule has 9 heteroatoms. The Bertz CT molecular complexity index is 832. The fraction of sp³-hybridized carbons (Fsp3) is 0.773. The highest BCUT2D eigenvalue weighted by Crippen LogP contribution is 2.30. The first-order valence-electron chi connectivity index (χ1n) is 11.6. The Labute approximate surface area is 184 Å². The minimum Gasteiger partial charge on any atom is -0.490 e. The maximum absolute atomic E-state index is 13.3. The summed E-state index contributed by atoms with van der Waals surface area (Å²) in [5.41, 5.74) is 7.51. The molecule has 5 N–H and O–H groups in total. The number of nitrogens with two attached hydrogens (primary N) is 1. The molecule has 1 saturated heterocycles. The third kappa shape index (κ3) is 5.71. The molecule has 0 aromatic carbocycles. The van der Waals surface area contributed by atoms with Crippen molar-refractivity contribution in [2.45, 2.75) is 76.6 Å². The van der Waals surface area contributed by atoms with E-state index in [0.717, 1.165) is 44.6 Å². The smallest absolute Gasteiger partial charge is 0.281 e. The number of azo groups is 1. The lowest BCUT2D eigenvalue weighted by atomic mass is 9.90. The van der Waals surface area contributed by atoms with Crippen LogP contribution >= 0.6 is 0 Å². The summed E-state index contributed by atoms with van der Waals surface area (Å²) in [5, 5.41) is 29.8. The fourth-order valence-electron chi connectivity index (χ4n) is 4.74. The Morgan fingerprint density at radius 2 is 1.94 bits per heavy atom. The van der Waals surface area contributed by atoms with E-state index in [9.17, 15) is 15.0 Å². The quantitative estimate of drug-likeness (QED) is 0.473. The van der Waals surface area contributed by atoms with Gasteiger partial charge in [-0.2, -0.15) is 5.11 Å². The average Bonchev–Trinajstić information content (AvgIpc) is 2.73. The summed E-state index contributed by atoms with van der Waals surface area (Å²) in [4.78, 5) is 16.5. The van der Waals surface area contributed by atoms with Crippen molar-refractivity contribution >= 4 is 11.4 Å². The number of hydrogen-bond acceptors (Lipinski definition) is 7. The number of rotatable bonds is 7. The van der Waals surface area contributed by atoms with Crippen molar-refractivity contribution in [3.63, 3.8) is 0 Å². The highest BCUT2D eigenvalue weighted by Gasteiger charge is 2.30. The summed E-state index contributed by atoms with van der Waals surface area (Å²) in [5.74, 6) is 0.0694. The van der Waals surface area contributed by atoms with Gasteiger partial charge in [-0.05, 0) is 72.5 Å². The van der Waals surface area contributed by atoms with Crippen molar-refractivity contribution in [2.24, 2.45) is 16.0 Å². The Balaban J connectivity index is 1.96. The predicted molar refractivity (Wildman–Crippen MR) is 121 cm³/mol. The van der Waals surface area contributed by atoms with Crippen LogP contribution in [0.3, 0.4) is 0 Å². The highest BCUT2D eigenvalue weighted by atomic mass is 16.3. The van der Waals surface area contributed by atoms with E-state index in [-0.39, 0.29) is 23.5 Å². The van der Waals surface area contributed by atoms with E-state index >= 15 is 0 Å². The van der Waals surface area contributed by atoms with Gasteiger partial charge in [0.25, 0.3) is 11.4 Å². The second-order valence-electron chi connectivity index (χ2n) is 9.36. The summed E-state index contributed by atoms with van der Waals surface area (Å²) in [7, 11) is 3.99. The zero-order chi connectivity index (χ0) is 22.5. The van der Waals surface area contributed by atoms with Crippen LogP contribution in [-0.2, 0) is 6.54 Å². The number of pyridine rings is 1. The largest absolute Gasteiger partial charge is 0.490 e. The molecule has 0 bridgehead atoms. The van der Waals surface area contributed by atoms with Crippen LogP contribution in [0.4, 0.5) is 11.4 Å². The molecule has 1 aliphatic heterocycles. The van der Waals surface area contributed by atoms with Crippen molar-refractivity contribution in [1.82, 2.24) is 9.47 Å². The van der Waals surface area contributed by atoms with E-state index in [1.807, 2.05) is 21.0 Å². The second kappa shape index (κ2) is 10.7. The Morgan fingerprint density at radius 3 is 2.58 bits per heavy atom. The minimum atomic E-state index is -0.495. The summed E-state index contributed by atoms with van der Waals surface area (Å²) in [6.07, 6.45) is 5.53. The second-order valence-corrected chi connectivity index (χ2v) is 9.36. The van der Waals surface area contributed by atoms with E-state index in [0.29, 0.717) is 37.1 Å². The lowest BCUT2D eigenvalue weighted by Gasteiger charge is -2.28. The number of aliphatic hydroxyl groups excluding tert-OH is 1. The molecule has 9 nitrogen and oxygen atoms in total. The maximum Gasteiger partial charge on any atom is 0.281 e. The standard InChI is InChI=1S/C22H38N6O3/c1-15-19(25-24-16-8-9-18(29)17(23)14-16)21(30)28(13-7-10-26(2)3)22(31)20(15)27-11-5-4-6-12-27/h16-18,29,31H,4-14,23H2,1-3H3/p+1. The lowest BCUT2D eigenvalue weighted by Crippen LogP contribution is -3.08. The van der Waals surface area contributed by atoms with Crippen LogP contribution in [0.15, 0.2) is 15.0 Å². The highest BCUT2D eigenvalue weighted by molar-refractivity contribution is 5.59. The summed E-state index contributed by atoms with van der Waals surface area (Å²) in [6.45, 7) is 5.01. The number of piperidine rings is 1. The van der Waals surface area contributed by atoms with Crippen LogP contribution in [0, 0.1) is 6.92 Å². The lowest BCUT2D eigenvalue weighted by molar-refractivity contribution is -0.838. The molecule has 174 valence electrons. The topological polar surface area (TPSA) is 121 Å². The molecule has 3 atom stereocenters. The number of aromatic hydroxyl groups is 1. The Hall–Kier alpha value is -1.81. The number of aromatic nitrogens is 1. The molecule has 1 aromatic rings. The molecule has 2 heterocycles. The predicted octanol–water partition coefficient (Wildman–Crippen LogP) is 0.839. The van der Waals surface area contributed by atoms with E-state index in [1.54, 1.807) is 0 Å². The van der Waals surface area contributed by atoms with Crippen molar-refractivity contribution in [2.75, 3.05) is 33.7 Å². The molecule has 0 amide bonds. The number of hydrogen-bond donors (Lipinski definition) is 4. The Morgan fingerprint density at radius 1 is 1.23 bits per heavy atom. The van der Waals surface area contributed by atoms with Gasteiger partial charge >= 0.3 is 0 Å². The molecule has 3 rings (SSSR count). The summed E-state index contributed by atoms with van der Waals surface area (Å²) in [6, 6.07) is -0.409. The summed E-state index contributed by atoms with van der Waals surface area (Å²) >= 11 is 0. The molecule has 2 fully saturated rings. The van der Waals surface area contributed by atoms with Crippen molar-refractivity contribution in [3.05, 3.63) is 15.9 Å². The normalized spacial score (nSPS) is 25.5. The van der Waals surface area contributed by atoms with Crippen LogP contribution in [0.5, 0.6) is 5.88 Å². The SMILES string of the molecule is Cc1c([NH+]2CCCCC2)c(O)n(CCCN(C)C)c(=O)c1N=NC1CCC(O)C(N)C1. The van der Waals surface area contributed by atoms with Gasteiger partial charge in [0.2, 0.25) is 0 Å². The van der Waals surface area contributed by atoms with Crippen LogP contribution in [-0.4, -0.2) is 71.6 Å². The first-order chi connectivity index (χ1) is 14.8. The fourth-order valence-corrected chi connectivity index (χ4v) is 4.74. The number of quaternary nitrogens is 1. The zero-order valence-corrected chi connectivity index (χ0v) is 19.2. The molecule has 0 spiro atoms. The summed E-state index contributed by atoms with van der Waals surface area (Å²) < 4.78 is 1.47. The third-order valence-corrected chi connectivity index (χ3v) is 6.61. The number of aliphatic hydroxyl groups is 1. The van der Waals surface area contributed by atoms with Gasteiger partial charge in [-0.15, -0.1) is 5.11 Å². The van der Waals surface area contributed by atoms with Gasteiger partial charge in [0, 0.05) is 18.2 Å². The van der Waals surface area contributed by atoms with Gasteiger partial charge in [-0.25, -0.2) is 0 Å². The van der Waals surface area contributed by atoms with Gasteiger partial charge in [0.1, 0.15) is 0 Å². The van der Waals surface area contributed by atoms with E-state index in [2.05, 4.69) is 15.1 Å². The van der Waals surface area contributed by atoms with E-state index < -0.39 is 6.10 Å².